The van der Waals surface area contributed by atoms with E-state index in [1.165, 1.54) is 6.33 Å². The van der Waals surface area contributed by atoms with Crippen LogP contribution in [0.5, 0.6) is 0 Å². The summed E-state index contributed by atoms with van der Waals surface area (Å²) in [7, 11) is 0. The van der Waals surface area contributed by atoms with Gasteiger partial charge in [-0.2, -0.15) is 5.10 Å². The summed E-state index contributed by atoms with van der Waals surface area (Å²) < 4.78 is 1.66. The minimum Gasteiger partial charge on any atom is -0.222 e. The molecule has 0 aromatic carbocycles. The van der Waals surface area contributed by atoms with Gasteiger partial charge in [0, 0.05) is 6.20 Å². The lowest BCUT2D eigenvalue weighted by molar-refractivity contribution is 0.921. The lowest BCUT2D eigenvalue weighted by Crippen LogP contribution is -1.90. The van der Waals surface area contributed by atoms with Crippen LogP contribution in [-0.4, -0.2) is 14.8 Å². The van der Waals surface area contributed by atoms with Gasteiger partial charge in [0.25, 0.3) is 0 Å². The van der Waals surface area contributed by atoms with E-state index < -0.39 is 0 Å². The molecule has 0 N–H and O–H groups in total. The van der Waals surface area contributed by atoms with Gasteiger partial charge in [0.05, 0.1) is 0 Å². The van der Waals surface area contributed by atoms with Crippen LogP contribution >= 0.6 is 0 Å². The Morgan fingerprint density at radius 2 is 2.50 bits per heavy atom. The van der Waals surface area contributed by atoms with Crippen molar-refractivity contribution in [1.82, 2.24) is 14.8 Å². The molecule has 0 radical (unpaired) electrons. The van der Waals surface area contributed by atoms with E-state index in [4.69, 9.17) is 0 Å². The van der Waals surface area contributed by atoms with Gasteiger partial charge in [-0.25, -0.2) is 9.67 Å². The number of rotatable bonds is 2. The smallest absolute Gasteiger partial charge is 0.154 e. The quantitative estimate of drug-likeness (QED) is 0.613. The summed E-state index contributed by atoms with van der Waals surface area (Å²) in [4.78, 5) is 3.94. The standard InChI is InChI=1S/C7H9N3/c1-3-5-10-7(4-2)8-6-9-10/h3-6H,2H2,1H3/b5-3-. The maximum Gasteiger partial charge on any atom is 0.154 e. The zero-order chi connectivity index (χ0) is 7.40. The van der Waals surface area contributed by atoms with Gasteiger partial charge in [-0.1, -0.05) is 12.7 Å². The summed E-state index contributed by atoms with van der Waals surface area (Å²) in [5.41, 5.74) is 0. The molecule has 0 atom stereocenters. The molecular formula is C7H9N3. The van der Waals surface area contributed by atoms with Gasteiger partial charge in [0.15, 0.2) is 5.82 Å². The molecule has 0 saturated carbocycles. The Labute approximate surface area is 59.7 Å². The van der Waals surface area contributed by atoms with Crippen molar-refractivity contribution in [2.75, 3.05) is 0 Å². The van der Waals surface area contributed by atoms with E-state index in [-0.39, 0.29) is 0 Å². The van der Waals surface area contributed by atoms with Crippen molar-refractivity contribution in [3.05, 3.63) is 24.8 Å². The first-order chi connectivity index (χ1) is 4.88. The monoisotopic (exact) mass is 135 g/mol. The first-order valence-corrected chi connectivity index (χ1v) is 3.03. The molecule has 1 heterocycles. The van der Waals surface area contributed by atoms with Gasteiger partial charge in [0.2, 0.25) is 0 Å². The van der Waals surface area contributed by atoms with Crippen molar-refractivity contribution in [2.24, 2.45) is 0 Å². The number of aromatic nitrogens is 3. The molecule has 0 fully saturated rings. The van der Waals surface area contributed by atoms with Crippen LogP contribution < -0.4 is 0 Å². The van der Waals surface area contributed by atoms with Crippen LogP contribution in [0.15, 0.2) is 19.0 Å². The van der Waals surface area contributed by atoms with Crippen LogP contribution in [0.3, 0.4) is 0 Å². The lowest BCUT2D eigenvalue weighted by atomic mass is 10.6. The summed E-state index contributed by atoms with van der Waals surface area (Å²) in [6.45, 7) is 5.51. The second-order valence-corrected chi connectivity index (χ2v) is 1.75. The molecule has 0 saturated heterocycles. The average molecular weight is 135 g/mol. The maximum atomic E-state index is 3.94. The van der Waals surface area contributed by atoms with Crippen molar-refractivity contribution in [3.63, 3.8) is 0 Å². The van der Waals surface area contributed by atoms with Crippen LogP contribution in [0.2, 0.25) is 0 Å². The average Bonchev–Trinajstić information content (AvgIpc) is 2.36. The Bertz CT molecular complexity index is 247. The highest BCUT2D eigenvalue weighted by molar-refractivity contribution is 5.40. The third-order valence-corrected chi connectivity index (χ3v) is 1.07. The van der Waals surface area contributed by atoms with Gasteiger partial charge in [0.1, 0.15) is 6.33 Å². The molecular weight excluding hydrogens is 126 g/mol. The van der Waals surface area contributed by atoms with Gasteiger partial charge >= 0.3 is 0 Å². The highest BCUT2D eigenvalue weighted by Crippen LogP contribution is 1.94. The Balaban J connectivity index is 3.00. The van der Waals surface area contributed by atoms with Gasteiger partial charge in [-0.3, -0.25) is 0 Å². The molecule has 0 aliphatic rings. The van der Waals surface area contributed by atoms with Crippen LogP contribution in [0.4, 0.5) is 0 Å². The summed E-state index contributed by atoms with van der Waals surface area (Å²) in [5.74, 6) is 0.762. The Morgan fingerprint density at radius 1 is 1.70 bits per heavy atom. The topological polar surface area (TPSA) is 30.7 Å². The second kappa shape index (κ2) is 2.96. The molecule has 1 rings (SSSR count). The van der Waals surface area contributed by atoms with Crippen LogP contribution in [0.1, 0.15) is 12.7 Å². The highest BCUT2D eigenvalue weighted by atomic mass is 15.3. The molecule has 1 aromatic rings. The zero-order valence-electron chi connectivity index (χ0n) is 5.86. The first kappa shape index (κ1) is 6.74. The number of hydrogen-bond acceptors (Lipinski definition) is 2. The third-order valence-electron chi connectivity index (χ3n) is 1.07. The fraction of sp³-hybridized carbons (Fsp3) is 0.143. The third kappa shape index (κ3) is 1.13. The van der Waals surface area contributed by atoms with E-state index in [1.54, 1.807) is 10.8 Å². The molecule has 0 aliphatic heterocycles. The minimum atomic E-state index is 0.762. The van der Waals surface area contributed by atoms with E-state index in [0.29, 0.717) is 0 Å². The van der Waals surface area contributed by atoms with Crippen molar-refractivity contribution in [1.29, 1.82) is 0 Å². The Kier molecular flexibility index (Phi) is 1.99. The number of allylic oxidation sites excluding steroid dienone is 1. The van der Waals surface area contributed by atoms with E-state index in [1.807, 2.05) is 19.2 Å². The fourth-order valence-corrected chi connectivity index (χ4v) is 0.661. The minimum absolute atomic E-state index is 0.762. The molecule has 0 unspecified atom stereocenters. The van der Waals surface area contributed by atoms with Crippen molar-refractivity contribution >= 4 is 12.3 Å². The predicted octanol–water partition coefficient (Wildman–Crippen LogP) is 1.41. The summed E-state index contributed by atoms with van der Waals surface area (Å²) in [5, 5.41) is 3.92. The van der Waals surface area contributed by atoms with Gasteiger partial charge < -0.3 is 0 Å². The molecule has 0 aliphatic carbocycles. The SMILES string of the molecule is C=Cc1ncnn1/C=C\C. The van der Waals surface area contributed by atoms with Crippen LogP contribution in [-0.2, 0) is 0 Å². The van der Waals surface area contributed by atoms with E-state index in [2.05, 4.69) is 16.7 Å². The molecule has 3 heteroatoms. The Morgan fingerprint density at radius 3 is 3.10 bits per heavy atom. The molecule has 52 valence electrons. The van der Waals surface area contributed by atoms with Crippen molar-refractivity contribution < 1.29 is 0 Å². The second-order valence-electron chi connectivity index (χ2n) is 1.75. The summed E-state index contributed by atoms with van der Waals surface area (Å²) in [6.07, 6.45) is 6.87. The van der Waals surface area contributed by atoms with Crippen LogP contribution in [0.25, 0.3) is 12.3 Å². The highest BCUT2D eigenvalue weighted by Gasteiger charge is 1.92. The van der Waals surface area contributed by atoms with E-state index >= 15 is 0 Å². The predicted molar refractivity (Wildman–Crippen MR) is 41.1 cm³/mol. The fourth-order valence-electron chi connectivity index (χ4n) is 0.661. The van der Waals surface area contributed by atoms with Crippen molar-refractivity contribution in [2.45, 2.75) is 6.92 Å². The molecule has 10 heavy (non-hydrogen) atoms. The first-order valence-electron chi connectivity index (χ1n) is 3.03. The Hall–Kier alpha value is -1.38. The largest absolute Gasteiger partial charge is 0.222 e. The zero-order valence-corrected chi connectivity index (χ0v) is 5.86. The maximum absolute atomic E-state index is 3.94. The van der Waals surface area contributed by atoms with Gasteiger partial charge in [-0.15, -0.1) is 0 Å². The van der Waals surface area contributed by atoms with E-state index in [0.717, 1.165) is 5.82 Å². The summed E-state index contributed by atoms with van der Waals surface area (Å²) >= 11 is 0. The molecule has 1 aromatic heterocycles. The van der Waals surface area contributed by atoms with Crippen LogP contribution in [0, 0.1) is 0 Å². The number of nitrogens with zero attached hydrogens (tertiary/aromatic N) is 3. The lowest BCUT2D eigenvalue weighted by Gasteiger charge is -1.90. The van der Waals surface area contributed by atoms with Gasteiger partial charge in [-0.05, 0) is 13.0 Å². The normalized spacial score (nSPS) is 10.5. The molecule has 3 nitrogen and oxygen atoms in total. The molecule has 0 bridgehead atoms. The molecule has 0 amide bonds. The summed E-state index contributed by atoms with van der Waals surface area (Å²) in [6, 6.07) is 0. The molecule has 0 spiro atoms. The van der Waals surface area contributed by atoms with E-state index in [9.17, 15) is 0 Å². The number of hydrogen-bond donors (Lipinski definition) is 0. The van der Waals surface area contributed by atoms with Crippen molar-refractivity contribution in [3.8, 4) is 0 Å².